The largest absolute Gasteiger partial charge is 0.494 e. The molecule has 2 aromatic carbocycles. The highest BCUT2D eigenvalue weighted by Gasteiger charge is 2.00. The number of ether oxygens (including phenoxy) is 2. The van der Waals surface area contributed by atoms with Crippen molar-refractivity contribution in [3.63, 3.8) is 0 Å². The summed E-state index contributed by atoms with van der Waals surface area (Å²) in [7, 11) is 1.96. The van der Waals surface area contributed by atoms with E-state index < -0.39 is 0 Å². The molecular formula is C17H21NO2. The number of rotatable bonds is 7. The van der Waals surface area contributed by atoms with Gasteiger partial charge in [-0.1, -0.05) is 18.2 Å². The molecule has 0 spiro atoms. The van der Waals surface area contributed by atoms with Crippen molar-refractivity contribution in [2.24, 2.45) is 0 Å². The van der Waals surface area contributed by atoms with Crippen molar-refractivity contribution < 1.29 is 9.47 Å². The molecule has 1 unspecified atom stereocenters. The van der Waals surface area contributed by atoms with Crippen LogP contribution in [0.2, 0.25) is 0 Å². The minimum atomic E-state index is 0.468. The average molecular weight is 271 g/mol. The van der Waals surface area contributed by atoms with Gasteiger partial charge in [-0.25, -0.2) is 0 Å². The molecule has 0 bridgehead atoms. The van der Waals surface area contributed by atoms with E-state index in [1.807, 2.05) is 61.6 Å². The lowest BCUT2D eigenvalue weighted by molar-refractivity contribution is 0.293. The molecule has 0 radical (unpaired) electrons. The normalized spacial score (nSPS) is 11.9. The molecule has 2 aromatic rings. The average Bonchev–Trinajstić information content (AvgIpc) is 2.50. The fourth-order valence-electron chi connectivity index (χ4n) is 1.73. The van der Waals surface area contributed by atoms with E-state index >= 15 is 0 Å². The van der Waals surface area contributed by atoms with Gasteiger partial charge in [0.2, 0.25) is 0 Å². The smallest absolute Gasteiger partial charge is 0.127 e. The molecule has 1 atom stereocenters. The Labute approximate surface area is 120 Å². The zero-order valence-electron chi connectivity index (χ0n) is 12.0. The second-order valence-electron chi connectivity index (χ2n) is 4.71. The summed E-state index contributed by atoms with van der Waals surface area (Å²) in [6.45, 7) is 2.85. The molecule has 0 fully saturated rings. The van der Waals surface area contributed by atoms with Gasteiger partial charge in [-0.15, -0.1) is 0 Å². The summed E-state index contributed by atoms with van der Waals surface area (Å²) in [5, 5.41) is 3.19. The molecule has 1 N–H and O–H groups in total. The molecule has 0 aliphatic rings. The van der Waals surface area contributed by atoms with Crippen molar-refractivity contribution in [1.29, 1.82) is 0 Å². The Morgan fingerprint density at radius 2 is 1.50 bits per heavy atom. The molecule has 0 aliphatic heterocycles. The van der Waals surface area contributed by atoms with E-state index in [1.54, 1.807) is 0 Å². The first-order chi connectivity index (χ1) is 9.78. The Balaban J connectivity index is 1.84. The zero-order valence-corrected chi connectivity index (χ0v) is 12.0. The molecule has 0 aliphatic carbocycles. The SMILES string of the molecule is CNC(C)CCOc1ccc(Oc2ccccc2)cc1. The highest BCUT2D eigenvalue weighted by molar-refractivity contribution is 5.35. The predicted molar refractivity (Wildman–Crippen MR) is 81.6 cm³/mol. The third kappa shape index (κ3) is 4.59. The van der Waals surface area contributed by atoms with Gasteiger partial charge in [0, 0.05) is 6.04 Å². The van der Waals surface area contributed by atoms with Gasteiger partial charge < -0.3 is 14.8 Å². The van der Waals surface area contributed by atoms with Crippen molar-refractivity contribution in [3.05, 3.63) is 54.6 Å². The van der Waals surface area contributed by atoms with Crippen LogP contribution >= 0.6 is 0 Å². The van der Waals surface area contributed by atoms with Crippen LogP contribution < -0.4 is 14.8 Å². The topological polar surface area (TPSA) is 30.5 Å². The molecule has 20 heavy (non-hydrogen) atoms. The monoisotopic (exact) mass is 271 g/mol. The Bertz CT molecular complexity index is 496. The van der Waals surface area contributed by atoms with Crippen molar-refractivity contribution in [3.8, 4) is 17.2 Å². The van der Waals surface area contributed by atoms with Crippen LogP contribution in [0.25, 0.3) is 0 Å². The third-order valence-electron chi connectivity index (χ3n) is 3.12. The summed E-state index contributed by atoms with van der Waals surface area (Å²) in [4.78, 5) is 0. The van der Waals surface area contributed by atoms with Gasteiger partial charge in [0.25, 0.3) is 0 Å². The summed E-state index contributed by atoms with van der Waals surface area (Å²) in [5.41, 5.74) is 0. The van der Waals surface area contributed by atoms with Gasteiger partial charge in [-0.05, 0) is 56.8 Å². The summed E-state index contributed by atoms with van der Waals surface area (Å²) in [6, 6.07) is 17.9. The first-order valence-corrected chi connectivity index (χ1v) is 6.91. The van der Waals surface area contributed by atoms with Crippen LogP contribution in [-0.4, -0.2) is 19.7 Å². The van der Waals surface area contributed by atoms with Crippen LogP contribution in [0.15, 0.2) is 54.6 Å². The van der Waals surface area contributed by atoms with E-state index in [1.165, 1.54) is 0 Å². The number of hydrogen-bond acceptors (Lipinski definition) is 3. The van der Waals surface area contributed by atoms with Crippen molar-refractivity contribution in [2.45, 2.75) is 19.4 Å². The lowest BCUT2D eigenvalue weighted by Crippen LogP contribution is -2.23. The van der Waals surface area contributed by atoms with E-state index in [4.69, 9.17) is 9.47 Å². The Kier molecular flexibility index (Phi) is 5.44. The van der Waals surface area contributed by atoms with Gasteiger partial charge in [0.15, 0.2) is 0 Å². The molecule has 0 saturated carbocycles. The maximum absolute atomic E-state index is 5.73. The maximum Gasteiger partial charge on any atom is 0.127 e. The minimum absolute atomic E-state index is 0.468. The van der Waals surface area contributed by atoms with Gasteiger partial charge in [-0.2, -0.15) is 0 Å². The van der Waals surface area contributed by atoms with E-state index in [0.717, 1.165) is 23.7 Å². The minimum Gasteiger partial charge on any atom is -0.494 e. The van der Waals surface area contributed by atoms with Crippen LogP contribution in [0.5, 0.6) is 17.2 Å². The van der Waals surface area contributed by atoms with Gasteiger partial charge in [0.05, 0.1) is 6.61 Å². The van der Waals surface area contributed by atoms with Gasteiger partial charge in [-0.3, -0.25) is 0 Å². The first-order valence-electron chi connectivity index (χ1n) is 6.91. The predicted octanol–water partition coefficient (Wildman–Crippen LogP) is 3.86. The Hall–Kier alpha value is -2.00. The zero-order chi connectivity index (χ0) is 14.2. The van der Waals surface area contributed by atoms with E-state index in [2.05, 4.69) is 12.2 Å². The van der Waals surface area contributed by atoms with Crippen molar-refractivity contribution in [1.82, 2.24) is 5.32 Å². The van der Waals surface area contributed by atoms with E-state index in [-0.39, 0.29) is 0 Å². The van der Waals surface area contributed by atoms with Crippen LogP contribution in [0.1, 0.15) is 13.3 Å². The number of hydrogen-bond donors (Lipinski definition) is 1. The first kappa shape index (κ1) is 14.4. The quantitative estimate of drug-likeness (QED) is 0.829. The lowest BCUT2D eigenvalue weighted by atomic mass is 10.2. The summed E-state index contributed by atoms with van der Waals surface area (Å²) in [5.74, 6) is 2.52. The van der Waals surface area contributed by atoms with Crippen molar-refractivity contribution >= 4 is 0 Å². The molecule has 3 nitrogen and oxygen atoms in total. The highest BCUT2D eigenvalue weighted by atomic mass is 16.5. The molecule has 106 valence electrons. The number of benzene rings is 2. The molecule has 3 heteroatoms. The lowest BCUT2D eigenvalue weighted by Gasteiger charge is -2.11. The second-order valence-corrected chi connectivity index (χ2v) is 4.71. The van der Waals surface area contributed by atoms with E-state index in [9.17, 15) is 0 Å². The molecular weight excluding hydrogens is 250 g/mol. The van der Waals surface area contributed by atoms with Crippen LogP contribution in [-0.2, 0) is 0 Å². The maximum atomic E-state index is 5.73. The van der Waals surface area contributed by atoms with E-state index in [0.29, 0.717) is 12.6 Å². The van der Waals surface area contributed by atoms with Crippen molar-refractivity contribution in [2.75, 3.05) is 13.7 Å². The summed E-state index contributed by atoms with van der Waals surface area (Å²) in [6.07, 6.45) is 0.985. The molecule has 2 rings (SSSR count). The Morgan fingerprint density at radius 1 is 0.900 bits per heavy atom. The van der Waals surface area contributed by atoms with Gasteiger partial charge >= 0.3 is 0 Å². The Morgan fingerprint density at radius 3 is 2.15 bits per heavy atom. The van der Waals surface area contributed by atoms with Crippen LogP contribution in [0.4, 0.5) is 0 Å². The number of para-hydroxylation sites is 1. The summed E-state index contributed by atoms with van der Waals surface area (Å²) >= 11 is 0. The standard InChI is InChI=1S/C17H21NO2/c1-14(18-2)12-13-19-15-8-10-17(11-9-15)20-16-6-4-3-5-7-16/h3-11,14,18H,12-13H2,1-2H3. The number of nitrogens with one attached hydrogen (secondary N) is 1. The highest BCUT2D eigenvalue weighted by Crippen LogP contribution is 2.23. The fraction of sp³-hybridized carbons (Fsp3) is 0.294. The van der Waals surface area contributed by atoms with Crippen LogP contribution in [0.3, 0.4) is 0 Å². The molecule has 0 saturated heterocycles. The van der Waals surface area contributed by atoms with Gasteiger partial charge in [0.1, 0.15) is 17.2 Å². The molecule has 0 heterocycles. The molecule has 0 amide bonds. The van der Waals surface area contributed by atoms with Crippen LogP contribution in [0, 0.1) is 0 Å². The molecule has 0 aromatic heterocycles. The summed E-state index contributed by atoms with van der Waals surface area (Å²) < 4.78 is 11.4. The third-order valence-corrected chi connectivity index (χ3v) is 3.12. The second kappa shape index (κ2) is 7.56. The fourth-order valence-corrected chi connectivity index (χ4v) is 1.73.